The Hall–Kier alpha value is -2.37. The van der Waals surface area contributed by atoms with Crippen LogP contribution in [0.1, 0.15) is 16.8 Å². The van der Waals surface area contributed by atoms with Gasteiger partial charge in [-0.1, -0.05) is 0 Å². The Bertz CT molecular complexity index is 509. The molecular weight excluding hydrogens is 236 g/mol. The summed E-state index contributed by atoms with van der Waals surface area (Å²) in [6.07, 6.45) is 0.313. The van der Waals surface area contributed by atoms with Gasteiger partial charge in [0.05, 0.1) is 0 Å². The van der Waals surface area contributed by atoms with Crippen LogP contribution in [0, 0.1) is 11.8 Å². The normalized spacial score (nSPS) is 21.1. The Morgan fingerprint density at radius 1 is 1.17 bits per heavy atom. The van der Waals surface area contributed by atoms with Gasteiger partial charge in [0.15, 0.2) is 0 Å². The number of carbonyl (C=O) groups excluding carboxylic acids is 3. The van der Waals surface area contributed by atoms with Crippen LogP contribution in [-0.4, -0.2) is 17.8 Å². The van der Waals surface area contributed by atoms with Gasteiger partial charge in [0.1, 0.15) is 0 Å². The van der Waals surface area contributed by atoms with Crippen LogP contribution in [-0.2, 0) is 9.59 Å². The number of hydrogen-bond acceptors (Lipinski definition) is 4. The van der Waals surface area contributed by atoms with E-state index in [0.29, 0.717) is 17.7 Å². The summed E-state index contributed by atoms with van der Waals surface area (Å²) in [7, 11) is 0. The van der Waals surface area contributed by atoms with Crippen LogP contribution in [0.15, 0.2) is 24.3 Å². The molecular formula is C12H11N2O4-. The second-order valence-electron chi connectivity index (χ2n) is 4.20. The lowest BCUT2D eigenvalue weighted by atomic mass is 10.2. The molecule has 3 N–H and O–H groups in total. The largest absolute Gasteiger partial charge is 0.550 e. The molecule has 1 aromatic carbocycles. The zero-order valence-corrected chi connectivity index (χ0v) is 9.38. The zero-order valence-electron chi connectivity index (χ0n) is 9.38. The number of carbonyl (C=O) groups is 3. The van der Waals surface area contributed by atoms with Gasteiger partial charge in [-0.15, -0.1) is 0 Å². The van der Waals surface area contributed by atoms with Crippen molar-refractivity contribution in [1.82, 2.24) is 0 Å². The van der Waals surface area contributed by atoms with Crippen molar-refractivity contribution in [3.8, 4) is 0 Å². The Kier molecular flexibility index (Phi) is 3.01. The summed E-state index contributed by atoms with van der Waals surface area (Å²) in [6, 6.07) is 6.05. The fraction of sp³-hybridized carbons (Fsp3) is 0.250. The molecule has 2 atom stereocenters. The molecule has 6 nitrogen and oxygen atoms in total. The number of nitrogens with two attached hydrogens (primary N) is 1. The summed E-state index contributed by atoms with van der Waals surface area (Å²) >= 11 is 0. The van der Waals surface area contributed by atoms with Crippen LogP contribution in [0.5, 0.6) is 0 Å². The lowest BCUT2D eigenvalue weighted by Gasteiger charge is -2.05. The number of carboxylic acid groups (broad SMARTS) is 1. The number of amides is 2. The van der Waals surface area contributed by atoms with Crippen LogP contribution < -0.4 is 16.2 Å². The number of benzene rings is 1. The van der Waals surface area contributed by atoms with Crippen molar-refractivity contribution in [3.63, 3.8) is 0 Å². The summed E-state index contributed by atoms with van der Waals surface area (Å²) in [6.45, 7) is 0. The van der Waals surface area contributed by atoms with Gasteiger partial charge in [-0.3, -0.25) is 9.59 Å². The first-order valence-electron chi connectivity index (χ1n) is 5.40. The second kappa shape index (κ2) is 4.48. The SMILES string of the molecule is NC(=O)c1ccc(NC(=O)[C@@H]2C[C@@H]2C(=O)[O-])cc1. The molecule has 1 fully saturated rings. The van der Waals surface area contributed by atoms with E-state index in [1.165, 1.54) is 24.3 Å². The molecule has 6 heteroatoms. The summed E-state index contributed by atoms with van der Waals surface area (Å²) in [5, 5.41) is 13.1. The van der Waals surface area contributed by atoms with Gasteiger partial charge in [0, 0.05) is 29.1 Å². The van der Waals surface area contributed by atoms with Crippen molar-refractivity contribution in [3.05, 3.63) is 29.8 Å². The first-order valence-corrected chi connectivity index (χ1v) is 5.40. The van der Waals surface area contributed by atoms with Gasteiger partial charge in [-0.05, 0) is 30.7 Å². The molecule has 2 rings (SSSR count). The van der Waals surface area contributed by atoms with E-state index in [4.69, 9.17) is 5.73 Å². The van der Waals surface area contributed by atoms with E-state index >= 15 is 0 Å². The maximum absolute atomic E-state index is 11.6. The average Bonchev–Trinajstić information content (AvgIpc) is 3.09. The van der Waals surface area contributed by atoms with Crippen LogP contribution in [0.3, 0.4) is 0 Å². The van der Waals surface area contributed by atoms with E-state index in [1.807, 2.05) is 0 Å². The molecule has 2 amide bonds. The van der Waals surface area contributed by atoms with E-state index in [2.05, 4.69) is 5.32 Å². The van der Waals surface area contributed by atoms with Crippen LogP contribution >= 0.6 is 0 Å². The molecule has 1 aliphatic rings. The fourth-order valence-corrected chi connectivity index (χ4v) is 1.70. The number of nitrogens with one attached hydrogen (secondary N) is 1. The molecule has 0 aliphatic heterocycles. The van der Waals surface area contributed by atoms with E-state index < -0.39 is 23.7 Å². The van der Waals surface area contributed by atoms with Crippen LogP contribution in [0.4, 0.5) is 5.69 Å². The van der Waals surface area contributed by atoms with Gasteiger partial charge in [-0.25, -0.2) is 0 Å². The van der Waals surface area contributed by atoms with Gasteiger partial charge < -0.3 is 21.0 Å². The molecule has 94 valence electrons. The molecule has 1 aliphatic carbocycles. The molecule has 1 saturated carbocycles. The highest BCUT2D eigenvalue weighted by atomic mass is 16.4. The summed E-state index contributed by atoms with van der Waals surface area (Å²) in [5.41, 5.74) is 5.91. The van der Waals surface area contributed by atoms with E-state index in [9.17, 15) is 19.5 Å². The summed E-state index contributed by atoms with van der Waals surface area (Å²) in [4.78, 5) is 33.0. The highest BCUT2D eigenvalue weighted by molar-refractivity contribution is 5.98. The number of aliphatic carboxylic acids is 1. The number of carboxylic acids is 1. The highest BCUT2D eigenvalue weighted by Gasteiger charge is 2.43. The standard InChI is InChI=1S/C12H12N2O4/c13-10(15)6-1-3-7(4-2-6)14-11(16)8-5-9(8)12(17)18/h1-4,8-9H,5H2,(H2,13,15)(H,14,16)(H,17,18)/p-1/t8-,9+/m1/s1. The molecule has 0 spiro atoms. The molecule has 18 heavy (non-hydrogen) atoms. The molecule has 0 unspecified atom stereocenters. The minimum absolute atomic E-state index is 0.313. The fourth-order valence-electron chi connectivity index (χ4n) is 1.70. The van der Waals surface area contributed by atoms with Crippen LogP contribution in [0.2, 0.25) is 0 Å². The Labute approximate surface area is 103 Å². The molecule has 0 heterocycles. The number of anilines is 1. The third-order valence-electron chi connectivity index (χ3n) is 2.87. The van der Waals surface area contributed by atoms with Crippen molar-refractivity contribution in [2.75, 3.05) is 5.32 Å². The zero-order chi connectivity index (χ0) is 13.3. The lowest BCUT2D eigenvalue weighted by molar-refractivity contribution is -0.308. The molecule has 1 aromatic rings. The summed E-state index contributed by atoms with van der Waals surface area (Å²) < 4.78 is 0. The molecule has 0 aromatic heterocycles. The van der Waals surface area contributed by atoms with Crippen LogP contribution in [0.25, 0.3) is 0 Å². The average molecular weight is 247 g/mol. The third kappa shape index (κ3) is 2.48. The number of hydrogen-bond donors (Lipinski definition) is 2. The lowest BCUT2D eigenvalue weighted by Crippen LogP contribution is -2.27. The van der Waals surface area contributed by atoms with Gasteiger partial charge in [-0.2, -0.15) is 0 Å². The predicted octanol–water partition coefficient (Wildman–Crippen LogP) is -0.890. The Morgan fingerprint density at radius 2 is 1.78 bits per heavy atom. The minimum atomic E-state index is -1.20. The van der Waals surface area contributed by atoms with Gasteiger partial charge in [0.25, 0.3) is 0 Å². The van der Waals surface area contributed by atoms with Gasteiger partial charge in [0.2, 0.25) is 11.8 Å². The van der Waals surface area contributed by atoms with Gasteiger partial charge >= 0.3 is 0 Å². The third-order valence-corrected chi connectivity index (χ3v) is 2.87. The topological polar surface area (TPSA) is 112 Å². The minimum Gasteiger partial charge on any atom is -0.550 e. The van der Waals surface area contributed by atoms with Crippen molar-refractivity contribution in [2.24, 2.45) is 17.6 Å². The maximum atomic E-state index is 11.6. The highest BCUT2D eigenvalue weighted by Crippen LogP contribution is 2.38. The van der Waals surface area contributed by atoms with E-state index in [1.54, 1.807) is 0 Å². The first kappa shape index (κ1) is 12.1. The molecule has 0 radical (unpaired) electrons. The van der Waals surface area contributed by atoms with Crippen molar-refractivity contribution in [1.29, 1.82) is 0 Å². The Morgan fingerprint density at radius 3 is 2.22 bits per heavy atom. The van der Waals surface area contributed by atoms with E-state index in [0.717, 1.165) is 0 Å². The van der Waals surface area contributed by atoms with Crippen molar-refractivity contribution < 1.29 is 19.5 Å². The number of primary amides is 1. The Balaban J connectivity index is 1.96. The van der Waals surface area contributed by atoms with Crippen molar-refractivity contribution >= 4 is 23.5 Å². The molecule has 0 bridgehead atoms. The monoisotopic (exact) mass is 247 g/mol. The maximum Gasteiger partial charge on any atom is 0.248 e. The first-order chi connectivity index (χ1) is 8.49. The van der Waals surface area contributed by atoms with E-state index in [-0.39, 0.29) is 5.91 Å². The smallest absolute Gasteiger partial charge is 0.248 e. The quantitative estimate of drug-likeness (QED) is 0.718. The number of rotatable bonds is 4. The molecule has 0 saturated heterocycles. The predicted molar refractivity (Wildman–Crippen MR) is 60.2 cm³/mol. The summed E-state index contributed by atoms with van der Waals surface area (Å²) in [5.74, 6) is -3.30. The van der Waals surface area contributed by atoms with Crippen molar-refractivity contribution in [2.45, 2.75) is 6.42 Å². The second-order valence-corrected chi connectivity index (χ2v) is 4.20.